The molecule has 0 aromatic heterocycles. The first-order valence-corrected chi connectivity index (χ1v) is 11.5. The van der Waals surface area contributed by atoms with Gasteiger partial charge in [0.15, 0.2) is 11.5 Å². The molecule has 3 unspecified atom stereocenters. The Hall–Kier alpha value is -3.07. The quantitative estimate of drug-likeness (QED) is 0.701. The van der Waals surface area contributed by atoms with Crippen LogP contribution in [0.15, 0.2) is 36.4 Å². The van der Waals surface area contributed by atoms with Crippen LogP contribution in [0.25, 0.3) is 0 Å². The van der Waals surface area contributed by atoms with Gasteiger partial charge in [-0.1, -0.05) is 6.07 Å². The van der Waals surface area contributed by atoms with E-state index in [9.17, 15) is 13.6 Å². The highest BCUT2D eigenvalue weighted by Gasteiger charge is 2.53. The van der Waals surface area contributed by atoms with Crippen LogP contribution >= 0.6 is 0 Å². The minimum Gasteiger partial charge on any atom is -0.497 e. The molecule has 180 valence electrons. The van der Waals surface area contributed by atoms with Crippen LogP contribution in [0.1, 0.15) is 49.3 Å². The Morgan fingerprint density at radius 1 is 1.06 bits per heavy atom. The smallest absolute Gasteiger partial charge is 0.497 e. The highest BCUT2D eigenvalue weighted by atomic mass is 19.3. The van der Waals surface area contributed by atoms with Gasteiger partial charge in [-0.15, -0.1) is 8.78 Å². The van der Waals surface area contributed by atoms with Crippen molar-refractivity contribution >= 4 is 5.91 Å². The Labute approximate surface area is 195 Å². The molecule has 0 bridgehead atoms. The molecule has 1 amide bonds. The van der Waals surface area contributed by atoms with Gasteiger partial charge in [0, 0.05) is 24.7 Å². The highest BCUT2D eigenvalue weighted by molar-refractivity contribution is 5.92. The van der Waals surface area contributed by atoms with Gasteiger partial charge >= 0.3 is 6.29 Å². The first kappa shape index (κ1) is 21.5. The van der Waals surface area contributed by atoms with Crippen molar-refractivity contribution < 1.29 is 37.3 Å². The first-order valence-electron chi connectivity index (χ1n) is 11.5. The van der Waals surface area contributed by atoms with Crippen molar-refractivity contribution in [3.05, 3.63) is 47.5 Å². The molecule has 1 saturated carbocycles. The zero-order chi connectivity index (χ0) is 23.5. The lowest BCUT2D eigenvalue weighted by Gasteiger charge is -2.36. The number of alkyl halides is 2. The van der Waals surface area contributed by atoms with Gasteiger partial charge in [0.2, 0.25) is 5.91 Å². The van der Waals surface area contributed by atoms with E-state index in [1.165, 1.54) is 12.1 Å². The van der Waals surface area contributed by atoms with Crippen molar-refractivity contribution in [1.82, 2.24) is 5.32 Å². The molecule has 1 aliphatic carbocycles. The number of carbonyl (C=O) groups is 1. The van der Waals surface area contributed by atoms with Gasteiger partial charge in [0.1, 0.15) is 17.6 Å². The van der Waals surface area contributed by atoms with Crippen molar-refractivity contribution in [2.45, 2.75) is 62.1 Å². The van der Waals surface area contributed by atoms with Gasteiger partial charge in [-0.3, -0.25) is 4.79 Å². The Kier molecular flexibility index (Phi) is 4.88. The summed E-state index contributed by atoms with van der Waals surface area (Å²) in [6.07, 6.45) is -0.163. The topological polar surface area (TPSA) is 75.2 Å². The zero-order valence-corrected chi connectivity index (χ0v) is 18.6. The van der Waals surface area contributed by atoms with Gasteiger partial charge in [-0.05, 0) is 55.5 Å². The monoisotopic (exact) mass is 473 g/mol. The summed E-state index contributed by atoms with van der Waals surface area (Å²) in [6.45, 7) is 0.707. The number of fused-ring (bicyclic) bond motifs is 2. The second kappa shape index (κ2) is 7.73. The van der Waals surface area contributed by atoms with Gasteiger partial charge in [-0.2, -0.15) is 0 Å². The molecule has 34 heavy (non-hydrogen) atoms. The lowest BCUT2D eigenvalue weighted by Crippen LogP contribution is -2.44. The third-order valence-electron chi connectivity index (χ3n) is 7.17. The van der Waals surface area contributed by atoms with Crippen LogP contribution in [0.2, 0.25) is 0 Å². The molecule has 2 aromatic rings. The number of hydrogen-bond acceptors (Lipinski definition) is 6. The molecule has 4 aliphatic rings. The van der Waals surface area contributed by atoms with Gasteiger partial charge in [0.05, 0.1) is 24.7 Å². The van der Waals surface area contributed by atoms with Gasteiger partial charge < -0.3 is 29.0 Å². The molecule has 1 N–H and O–H groups in total. The third kappa shape index (κ3) is 3.62. The normalized spacial score (nSPS) is 27.4. The van der Waals surface area contributed by atoms with E-state index in [2.05, 4.69) is 14.8 Å². The number of hydrogen-bond donors (Lipinski definition) is 1. The molecule has 2 aromatic carbocycles. The van der Waals surface area contributed by atoms with Crippen molar-refractivity contribution in [2.24, 2.45) is 0 Å². The fourth-order valence-electron chi connectivity index (χ4n) is 5.18. The number of benzene rings is 2. The largest absolute Gasteiger partial charge is 0.586 e. The highest BCUT2D eigenvalue weighted by Crippen LogP contribution is 2.52. The maximum atomic E-state index is 13.6. The van der Waals surface area contributed by atoms with Crippen molar-refractivity contribution in [3.63, 3.8) is 0 Å². The van der Waals surface area contributed by atoms with Crippen LogP contribution in [0, 0.1) is 0 Å². The van der Waals surface area contributed by atoms with Crippen LogP contribution in [-0.4, -0.2) is 38.1 Å². The molecule has 0 spiro atoms. The van der Waals surface area contributed by atoms with Crippen LogP contribution in [0.3, 0.4) is 0 Å². The third-order valence-corrected chi connectivity index (χ3v) is 7.17. The summed E-state index contributed by atoms with van der Waals surface area (Å²) >= 11 is 0. The van der Waals surface area contributed by atoms with E-state index in [-0.39, 0.29) is 35.7 Å². The van der Waals surface area contributed by atoms with E-state index in [4.69, 9.17) is 14.2 Å². The Balaban J connectivity index is 1.26. The molecule has 3 atom stereocenters. The molecule has 2 fully saturated rings. The molecule has 9 heteroatoms. The standard InChI is InChI=1S/C25H25F2NO6/c1-30-15-5-6-16-17(13-21(32-20(16)12-15)18-3-2-10-31-18)28-23(29)24(8-9-24)14-4-7-19-22(11-14)34-25(26,27)33-19/h4-7,11-12,17-18,21H,2-3,8-10,13H2,1H3,(H,28,29). The molecule has 3 heterocycles. The average Bonchev–Trinajstić information content (AvgIpc) is 3.31. The molecular formula is C25H25F2NO6. The summed E-state index contributed by atoms with van der Waals surface area (Å²) in [6, 6.07) is 9.90. The lowest BCUT2D eigenvalue weighted by atomic mass is 9.90. The summed E-state index contributed by atoms with van der Waals surface area (Å²) in [7, 11) is 1.60. The summed E-state index contributed by atoms with van der Waals surface area (Å²) in [4.78, 5) is 13.6. The van der Waals surface area contributed by atoms with E-state index in [1.54, 1.807) is 13.2 Å². The maximum Gasteiger partial charge on any atom is 0.586 e. The predicted octanol–water partition coefficient (Wildman–Crippen LogP) is 4.24. The fourth-order valence-corrected chi connectivity index (χ4v) is 5.18. The van der Waals surface area contributed by atoms with Crippen molar-refractivity contribution in [3.8, 4) is 23.0 Å². The Bertz CT molecular complexity index is 1130. The number of methoxy groups -OCH3 is 1. The second-order valence-corrected chi connectivity index (χ2v) is 9.28. The van der Waals surface area contributed by atoms with E-state index < -0.39 is 11.7 Å². The van der Waals surface area contributed by atoms with Crippen molar-refractivity contribution in [1.29, 1.82) is 0 Å². The predicted molar refractivity (Wildman–Crippen MR) is 115 cm³/mol. The van der Waals surface area contributed by atoms with Crippen LogP contribution in [0.5, 0.6) is 23.0 Å². The second-order valence-electron chi connectivity index (χ2n) is 9.28. The van der Waals surface area contributed by atoms with Crippen LogP contribution in [-0.2, 0) is 14.9 Å². The molecule has 3 aliphatic heterocycles. The molecule has 7 nitrogen and oxygen atoms in total. The number of carbonyl (C=O) groups excluding carboxylic acids is 1. The van der Waals surface area contributed by atoms with E-state index in [1.807, 2.05) is 18.2 Å². The molecular weight excluding hydrogens is 448 g/mol. The maximum absolute atomic E-state index is 13.6. The Morgan fingerprint density at radius 3 is 2.62 bits per heavy atom. The minimum atomic E-state index is -3.69. The lowest BCUT2D eigenvalue weighted by molar-refractivity contribution is -0.286. The van der Waals surface area contributed by atoms with Crippen LogP contribution in [0.4, 0.5) is 8.78 Å². The number of ether oxygens (including phenoxy) is 5. The van der Waals surface area contributed by atoms with Crippen molar-refractivity contribution in [2.75, 3.05) is 13.7 Å². The number of rotatable bonds is 5. The zero-order valence-electron chi connectivity index (χ0n) is 18.6. The molecule has 0 radical (unpaired) electrons. The van der Waals surface area contributed by atoms with Gasteiger partial charge in [-0.25, -0.2) is 0 Å². The SMILES string of the molecule is COc1ccc2c(c1)OC(C1CCCO1)CC2NC(=O)C1(c2ccc3c(c2)OC(F)(F)O3)CC1. The van der Waals surface area contributed by atoms with Gasteiger partial charge in [0.25, 0.3) is 0 Å². The number of nitrogens with one attached hydrogen (secondary N) is 1. The number of amides is 1. The van der Waals surface area contributed by atoms with E-state index in [0.29, 0.717) is 42.9 Å². The summed E-state index contributed by atoms with van der Waals surface area (Å²) in [5.41, 5.74) is 0.743. The fraction of sp³-hybridized carbons (Fsp3) is 0.480. The summed E-state index contributed by atoms with van der Waals surface area (Å²) in [5.74, 6) is 1.12. The summed E-state index contributed by atoms with van der Waals surface area (Å²) in [5, 5.41) is 3.22. The minimum absolute atomic E-state index is 0.0239. The van der Waals surface area contributed by atoms with E-state index >= 15 is 0 Å². The first-order chi connectivity index (χ1) is 16.4. The number of halogens is 2. The van der Waals surface area contributed by atoms with E-state index in [0.717, 1.165) is 18.4 Å². The summed E-state index contributed by atoms with van der Waals surface area (Å²) < 4.78 is 53.5. The van der Waals surface area contributed by atoms with Crippen LogP contribution < -0.4 is 24.3 Å². The molecule has 1 saturated heterocycles. The molecule has 6 rings (SSSR count). The Morgan fingerprint density at radius 2 is 1.88 bits per heavy atom. The average molecular weight is 473 g/mol.